The van der Waals surface area contributed by atoms with Crippen LogP contribution in [-0.2, 0) is 4.74 Å². The van der Waals surface area contributed by atoms with Crippen molar-refractivity contribution >= 4 is 11.8 Å². The maximum atomic E-state index is 5.50. The normalized spacial score (nSPS) is 24.4. The molecule has 0 aromatic carbocycles. The summed E-state index contributed by atoms with van der Waals surface area (Å²) in [5.74, 6) is 1.51. The van der Waals surface area contributed by atoms with Crippen molar-refractivity contribution in [2.45, 2.75) is 32.4 Å². The summed E-state index contributed by atoms with van der Waals surface area (Å²) in [6, 6.07) is 2.30. The van der Waals surface area contributed by atoms with Crippen molar-refractivity contribution in [3.05, 3.63) is 11.8 Å². The Kier molecular flexibility index (Phi) is 3.24. The van der Waals surface area contributed by atoms with Gasteiger partial charge in [-0.1, -0.05) is 0 Å². The van der Waals surface area contributed by atoms with Gasteiger partial charge in [0.05, 0.1) is 12.1 Å². The van der Waals surface area contributed by atoms with Crippen molar-refractivity contribution in [1.82, 2.24) is 9.97 Å². The van der Waals surface area contributed by atoms with Gasteiger partial charge in [-0.15, -0.1) is 0 Å². The van der Waals surface area contributed by atoms with E-state index in [1.807, 2.05) is 20.0 Å². The molecule has 5 nitrogen and oxygen atoms in total. The summed E-state index contributed by atoms with van der Waals surface area (Å²) < 4.78 is 5.50. The minimum atomic E-state index is 0.244. The lowest BCUT2D eigenvalue weighted by molar-refractivity contribution is 0.121. The molecule has 1 aliphatic heterocycles. The van der Waals surface area contributed by atoms with Crippen LogP contribution in [0.1, 0.15) is 19.0 Å². The summed E-state index contributed by atoms with van der Waals surface area (Å²) in [5.41, 5.74) is 0.952. The number of hydrogen-bond acceptors (Lipinski definition) is 5. The number of hydrogen-bond donors (Lipinski definition) is 2. The lowest BCUT2D eigenvalue weighted by atomic mass is 10.1. The van der Waals surface area contributed by atoms with Gasteiger partial charge in [-0.3, -0.25) is 0 Å². The highest BCUT2D eigenvalue weighted by Crippen LogP contribution is 2.18. The number of rotatable bonds is 3. The SMILES string of the molecule is CNc1nc(C)cc(NC2CCOC2C)n1. The number of nitrogens with zero attached hydrogens (tertiary/aromatic N) is 2. The summed E-state index contributed by atoms with van der Waals surface area (Å²) in [6.07, 6.45) is 1.27. The van der Waals surface area contributed by atoms with Crippen molar-refractivity contribution in [2.24, 2.45) is 0 Å². The van der Waals surface area contributed by atoms with Crippen LogP contribution in [0.2, 0.25) is 0 Å². The van der Waals surface area contributed by atoms with Crippen LogP contribution in [0.3, 0.4) is 0 Å². The lowest BCUT2D eigenvalue weighted by Crippen LogP contribution is -2.27. The molecule has 88 valence electrons. The van der Waals surface area contributed by atoms with E-state index in [4.69, 9.17) is 4.74 Å². The highest BCUT2D eigenvalue weighted by molar-refractivity contribution is 5.42. The molecule has 0 spiro atoms. The zero-order valence-electron chi connectivity index (χ0n) is 9.95. The fourth-order valence-corrected chi connectivity index (χ4v) is 1.87. The lowest BCUT2D eigenvalue weighted by Gasteiger charge is -2.17. The van der Waals surface area contributed by atoms with E-state index >= 15 is 0 Å². The third-order valence-corrected chi connectivity index (χ3v) is 2.79. The zero-order chi connectivity index (χ0) is 11.5. The second-order valence-electron chi connectivity index (χ2n) is 4.08. The Labute approximate surface area is 95.6 Å². The van der Waals surface area contributed by atoms with Gasteiger partial charge >= 0.3 is 0 Å². The average Bonchev–Trinajstić information content (AvgIpc) is 2.63. The molecule has 16 heavy (non-hydrogen) atoms. The Morgan fingerprint density at radius 2 is 2.25 bits per heavy atom. The molecule has 0 saturated carbocycles. The van der Waals surface area contributed by atoms with Crippen molar-refractivity contribution in [3.8, 4) is 0 Å². The largest absolute Gasteiger partial charge is 0.376 e. The van der Waals surface area contributed by atoms with E-state index in [1.165, 1.54) is 0 Å². The first-order chi connectivity index (χ1) is 7.69. The topological polar surface area (TPSA) is 59.1 Å². The van der Waals surface area contributed by atoms with Crippen LogP contribution in [0, 0.1) is 6.92 Å². The molecule has 1 fully saturated rings. The first-order valence-corrected chi connectivity index (χ1v) is 5.60. The van der Waals surface area contributed by atoms with Crippen molar-refractivity contribution in [1.29, 1.82) is 0 Å². The Balaban J connectivity index is 2.11. The van der Waals surface area contributed by atoms with Gasteiger partial charge in [-0.05, 0) is 20.3 Å². The van der Waals surface area contributed by atoms with Gasteiger partial charge in [-0.2, -0.15) is 4.98 Å². The molecule has 2 heterocycles. The summed E-state index contributed by atoms with van der Waals surface area (Å²) in [5, 5.41) is 6.34. The number of nitrogens with one attached hydrogen (secondary N) is 2. The van der Waals surface area contributed by atoms with Crippen LogP contribution in [0.15, 0.2) is 6.07 Å². The van der Waals surface area contributed by atoms with Crippen LogP contribution >= 0.6 is 0 Å². The smallest absolute Gasteiger partial charge is 0.224 e. The number of aromatic nitrogens is 2. The van der Waals surface area contributed by atoms with Gasteiger partial charge in [0.2, 0.25) is 5.95 Å². The fraction of sp³-hybridized carbons (Fsp3) is 0.636. The maximum Gasteiger partial charge on any atom is 0.224 e. The van der Waals surface area contributed by atoms with Crippen LogP contribution in [0.25, 0.3) is 0 Å². The van der Waals surface area contributed by atoms with Crippen LogP contribution in [-0.4, -0.2) is 35.8 Å². The van der Waals surface area contributed by atoms with E-state index in [-0.39, 0.29) is 6.10 Å². The minimum absolute atomic E-state index is 0.244. The summed E-state index contributed by atoms with van der Waals surface area (Å²) in [6.45, 7) is 4.86. The molecule has 5 heteroatoms. The summed E-state index contributed by atoms with van der Waals surface area (Å²) >= 11 is 0. The second kappa shape index (κ2) is 4.65. The quantitative estimate of drug-likeness (QED) is 0.810. The minimum Gasteiger partial charge on any atom is -0.376 e. The molecule has 2 N–H and O–H groups in total. The predicted molar refractivity (Wildman–Crippen MR) is 63.8 cm³/mol. The van der Waals surface area contributed by atoms with Crippen molar-refractivity contribution in [2.75, 3.05) is 24.3 Å². The molecular weight excluding hydrogens is 204 g/mol. The predicted octanol–water partition coefficient (Wildman–Crippen LogP) is 1.42. The molecule has 0 amide bonds. The van der Waals surface area contributed by atoms with E-state index in [9.17, 15) is 0 Å². The third-order valence-electron chi connectivity index (χ3n) is 2.79. The van der Waals surface area contributed by atoms with E-state index in [2.05, 4.69) is 27.5 Å². The molecule has 0 bridgehead atoms. The van der Waals surface area contributed by atoms with Gasteiger partial charge in [0.15, 0.2) is 0 Å². The highest BCUT2D eigenvalue weighted by Gasteiger charge is 2.24. The van der Waals surface area contributed by atoms with Gasteiger partial charge in [0.25, 0.3) is 0 Å². The Bertz CT molecular complexity index is 369. The molecule has 2 rings (SSSR count). The molecule has 1 aromatic heterocycles. The average molecular weight is 222 g/mol. The van der Waals surface area contributed by atoms with Gasteiger partial charge < -0.3 is 15.4 Å². The van der Waals surface area contributed by atoms with Crippen molar-refractivity contribution in [3.63, 3.8) is 0 Å². The molecule has 1 aliphatic rings. The van der Waals surface area contributed by atoms with Gasteiger partial charge in [0.1, 0.15) is 5.82 Å². The second-order valence-corrected chi connectivity index (χ2v) is 4.08. The van der Waals surface area contributed by atoms with E-state index in [1.54, 1.807) is 0 Å². The van der Waals surface area contributed by atoms with E-state index in [0.29, 0.717) is 12.0 Å². The Morgan fingerprint density at radius 1 is 1.44 bits per heavy atom. The molecule has 1 saturated heterocycles. The Hall–Kier alpha value is -1.36. The van der Waals surface area contributed by atoms with Crippen LogP contribution < -0.4 is 10.6 Å². The van der Waals surface area contributed by atoms with Crippen LogP contribution in [0.4, 0.5) is 11.8 Å². The molecule has 0 radical (unpaired) electrons. The summed E-state index contributed by atoms with van der Waals surface area (Å²) in [7, 11) is 1.82. The zero-order valence-corrected chi connectivity index (χ0v) is 9.95. The van der Waals surface area contributed by atoms with E-state index < -0.39 is 0 Å². The van der Waals surface area contributed by atoms with Crippen molar-refractivity contribution < 1.29 is 4.74 Å². The molecular formula is C11H18N4O. The highest BCUT2D eigenvalue weighted by atomic mass is 16.5. The molecule has 0 aliphatic carbocycles. The number of anilines is 2. The third kappa shape index (κ3) is 2.41. The number of ether oxygens (including phenoxy) is 1. The molecule has 2 unspecified atom stereocenters. The molecule has 1 aromatic rings. The molecule has 2 atom stereocenters. The van der Waals surface area contributed by atoms with E-state index in [0.717, 1.165) is 24.5 Å². The monoisotopic (exact) mass is 222 g/mol. The standard InChI is InChI=1S/C11H18N4O/c1-7-6-10(15-11(12-3)13-7)14-9-4-5-16-8(9)2/h6,8-9H,4-5H2,1-3H3,(H2,12,13,14,15). The van der Waals surface area contributed by atoms with Gasteiger partial charge in [0, 0.05) is 25.4 Å². The fourth-order valence-electron chi connectivity index (χ4n) is 1.87. The first-order valence-electron chi connectivity index (χ1n) is 5.60. The number of aryl methyl sites for hydroxylation is 1. The summed E-state index contributed by atoms with van der Waals surface area (Å²) in [4.78, 5) is 8.61. The first kappa shape index (κ1) is 11.1. The van der Waals surface area contributed by atoms with Crippen LogP contribution in [0.5, 0.6) is 0 Å². The maximum absolute atomic E-state index is 5.50. The van der Waals surface area contributed by atoms with Gasteiger partial charge in [-0.25, -0.2) is 4.98 Å². The Morgan fingerprint density at radius 3 is 2.88 bits per heavy atom.